The third kappa shape index (κ3) is 3.01. The number of hydrogen-bond acceptors (Lipinski definition) is 0. The summed E-state index contributed by atoms with van der Waals surface area (Å²) in [6, 6.07) is 49.4. The maximum absolute atomic E-state index is 2.35. The molecule has 0 aliphatic carbocycles. The number of fused-ring (bicyclic) bond motifs is 6. The highest BCUT2D eigenvalue weighted by atomic mass is 14.1. The Kier molecular flexibility index (Phi) is 4.03. The Bertz CT molecular complexity index is 2150. The van der Waals surface area contributed by atoms with Gasteiger partial charge in [0.25, 0.3) is 0 Å². The molecule has 0 amide bonds. The second-order valence-electron chi connectivity index (χ2n) is 9.89. The Morgan fingerprint density at radius 2 is 0.667 bits per heavy atom. The van der Waals surface area contributed by atoms with Gasteiger partial charge in [-0.15, -0.1) is 0 Å². The van der Waals surface area contributed by atoms with Crippen molar-refractivity contribution in [2.45, 2.75) is 0 Å². The summed E-state index contributed by atoms with van der Waals surface area (Å²) in [5, 5.41) is 15.4. The van der Waals surface area contributed by atoms with Crippen molar-refractivity contribution in [1.29, 1.82) is 0 Å². The zero-order chi connectivity index (χ0) is 23.6. The largest absolute Gasteiger partial charge is 0.0616 e. The normalized spacial score (nSPS) is 11.9. The Balaban J connectivity index is 1.34. The molecule has 166 valence electrons. The van der Waals surface area contributed by atoms with E-state index in [1.54, 1.807) is 0 Å². The molecule has 0 N–H and O–H groups in total. The van der Waals surface area contributed by atoms with Crippen LogP contribution in [0.1, 0.15) is 0 Å². The molecule has 0 spiro atoms. The average Bonchev–Trinajstić information content (AvgIpc) is 2.92. The predicted molar refractivity (Wildman–Crippen MR) is 157 cm³/mol. The van der Waals surface area contributed by atoms with Gasteiger partial charge in [0.15, 0.2) is 0 Å². The van der Waals surface area contributed by atoms with Gasteiger partial charge in [-0.3, -0.25) is 0 Å². The minimum Gasteiger partial charge on any atom is -0.0616 e. The Labute approximate surface area is 209 Å². The van der Waals surface area contributed by atoms with Crippen molar-refractivity contribution in [1.82, 2.24) is 0 Å². The summed E-state index contributed by atoms with van der Waals surface area (Å²) in [5.74, 6) is 0. The van der Waals surface area contributed by atoms with Crippen molar-refractivity contribution in [3.05, 3.63) is 133 Å². The summed E-state index contributed by atoms with van der Waals surface area (Å²) in [6.07, 6.45) is 0. The molecule has 0 saturated carbocycles. The van der Waals surface area contributed by atoms with Gasteiger partial charge in [-0.25, -0.2) is 0 Å². The summed E-state index contributed by atoms with van der Waals surface area (Å²) < 4.78 is 0. The van der Waals surface area contributed by atoms with Crippen LogP contribution in [0.4, 0.5) is 0 Å². The molecule has 0 fully saturated rings. The van der Waals surface area contributed by atoms with Crippen LogP contribution >= 0.6 is 0 Å². The molecular formula is C36H22. The lowest BCUT2D eigenvalue weighted by Gasteiger charge is -2.11. The third-order valence-corrected chi connectivity index (χ3v) is 7.67. The van der Waals surface area contributed by atoms with Crippen LogP contribution in [0.25, 0.3) is 75.8 Å². The van der Waals surface area contributed by atoms with Crippen molar-refractivity contribution in [2.24, 2.45) is 0 Å². The summed E-state index contributed by atoms with van der Waals surface area (Å²) in [4.78, 5) is 0. The highest BCUT2D eigenvalue weighted by Gasteiger charge is 2.08. The maximum atomic E-state index is 2.35. The van der Waals surface area contributed by atoms with Crippen LogP contribution in [0.5, 0.6) is 0 Å². The van der Waals surface area contributed by atoms with Crippen molar-refractivity contribution in [2.75, 3.05) is 0 Å². The summed E-state index contributed by atoms with van der Waals surface area (Å²) >= 11 is 0. The quantitative estimate of drug-likeness (QED) is 0.216. The predicted octanol–water partition coefficient (Wildman–Crippen LogP) is 10.3. The third-order valence-electron chi connectivity index (χ3n) is 7.67. The van der Waals surface area contributed by atoms with Crippen LogP contribution < -0.4 is 0 Å². The molecule has 0 unspecified atom stereocenters. The first kappa shape index (κ1) is 19.6. The minimum absolute atomic E-state index is 1.26. The first-order valence-electron chi connectivity index (χ1n) is 12.5. The van der Waals surface area contributed by atoms with E-state index in [0.29, 0.717) is 0 Å². The Hall–Kier alpha value is -4.68. The molecule has 8 rings (SSSR count). The second kappa shape index (κ2) is 7.41. The van der Waals surface area contributed by atoms with Gasteiger partial charge >= 0.3 is 0 Å². The number of benzene rings is 8. The van der Waals surface area contributed by atoms with Gasteiger partial charge < -0.3 is 0 Å². The molecule has 0 radical (unpaired) electrons. The van der Waals surface area contributed by atoms with Crippen LogP contribution in [0.2, 0.25) is 0 Å². The van der Waals surface area contributed by atoms with Crippen LogP contribution in [0.3, 0.4) is 0 Å². The molecule has 36 heavy (non-hydrogen) atoms. The molecule has 0 aromatic heterocycles. The van der Waals surface area contributed by atoms with E-state index in [2.05, 4.69) is 133 Å². The van der Waals surface area contributed by atoms with Gasteiger partial charge in [0.1, 0.15) is 0 Å². The molecule has 0 heterocycles. The molecule has 0 aliphatic heterocycles. The van der Waals surface area contributed by atoms with Gasteiger partial charge in [0.2, 0.25) is 0 Å². The summed E-state index contributed by atoms with van der Waals surface area (Å²) in [6.45, 7) is 0. The van der Waals surface area contributed by atoms with Gasteiger partial charge in [-0.2, -0.15) is 0 Å². The van der Waals surface area contributed by atoms with E-state index in [4.69, 9.17) is 0 Å². The van der Waals surface area contributed by atoms with Crippen LogP contribution in [0.15, 0.2) is 133 Å². The topological polar surface area (TPSA) is 0 Å². The highest BCUT2D eigenvalue weighted by molar-refractivity contribution is 6.10. The fourth-order valence-corrected chi connectivity index (χ4v) is 5.83. The van der Waals surface area contributed by atoms with E-state index < -0.39 is 0 Å². The van der Waals surface area contributed by atoms with Gasteiger partial charge in [-0.1, -0.05) is 78.9 Å². The van der Waals surface area contributed by atoms with Gasteiger partial charge in [-0.05, 0) is 130 Å². The lowest BCUT2D eigenvalue weighted by Crippen LogP contribution is -1.84. The monoisotopic (exact) mass is 454 g/mol. The Morgan fingerprint density at radius 1 is 0.250 bits per heavy atom. The van der Waals surface area contributed by atoms with Gasteiger partial charge in [0, 0.05) is 0 Å². The summed E-state index contributed by atoms with van der Waals surface area (Å²) in [5.41, 5.74) is 2.54. The van der Waals surface area contributed by atoms with E-state index in [0.717, 1.165) is 0 Å². The smallest absolute Gasteiger partial charge is 0.00990 e. The SMILES string of the molecule is c1ccc2cc3cc4cc5cc(-c6cccc7cc8ccccc8cc67)ccc5cc4cc3cc2c1. The highest BCUT2D eigenvalue weighted by Crippen LogP contribution is 2.35. The molecule has 0 bridgehead atoms. The van der Waals surface area contributed by atoms with Crippen molar-refractivity contribution >= 4 is 64.6 Å². The van der Waals surface area contributed by atoms with Crippen molar-refractivity contribution in [3.63, 3.8) is 0 Å². The van der Waals surface area contributed by atoms with Crippen molar-refractivity contribution in [3.8, 4) is 11.1 Å². The molecule has 0 saturated heterocycles. The molecule has 0 heteroatoms. The minimum atomic E-state index is 1.26. The van der Waals surface area contributed by atoms with E-state index in [9.17, 15) is 0 Å². The summed E-state index contributed by atoms with van der Waals surface area (Å²) in [7, 11) is 0. The van der Waals surface area contributed by atoms with E-state index in [1.807, 2.05) is 0 Å². The maximum Gasteiger partial charge on any atom is -0.00990 e. The number of rotatable bonds is 1. The fourth-order valence-electron chi connectivity index (χ4n) is 5.83. The first-order valence-corrected chi connectivity index (χ1v) is 12.5. The van der Waals surface area contributed by atoms with Crippen molar-refractivity contribution < 1.29 is 0 Å². The van der Waals surface area contributed by atoms with E-state index >= 15 is 0 Å². The molecule has 0 atom stereocenters. The second-order valence-corrected chi connectivity index (χ2v) is 9.89. The first-order chi connectivity index (χ1) is 17.8. The molecule has 8 aromatic rings. The lowest BCUT2D eigenvalue weighted by molar-refractivity contribution is 1.70. The fraction of sp³-hybridized carbons (Fsp3) is 0. The zero-order valence-electron chi connectivity index (χ0n) is 19.7. The Morgan fingerprint density at radius 3 is 1.25 bits per heavy atom. The van der Waals surface area contributed by atoms with Gasteiger partial charge in [0.05, 0.1) is 0 Å². The lowest BCUT2D eigenvalue weighted by atomic mass is 9.93. The average molecular weight is 455 g/mol. The van der Waals surface area contributed by atoms with Crippen LogP contribution in [-0.2, 0) is 0 Å². The molecule has 8 aromatic carbocycles. The number of hydrogen-bond donors (Lipinski definition) is 0. The zero-order valence-corrected chi connectivity index (χ0v) is 19.7. The molecule has 0 aliphatic rings. The molecular weight excluding hydrogens is 432 g/mol. The van der Waals surface area contributed by atoms with E-state index in [-0.39, 0.29) is 0 Å². The van der Waals surface area contributed by atoms with Crippen LogP contribution in [0, 0.1) is 0 Å². The standard InChI is InChI=1S/C36H22/c1-2-8-25-16-32-21-34-19-30-18-29(13-12-27(30)17-33(34)20-31(32)15-24(25)7-1)35-11-5-10-28-14-23-6-3-4-9-26(23)22-36(28)35/h1-22H. The van der Waals surface area contributed by atoms with Crippen LogP contribution in [-0.4, -0.2) is 0 Å². The molecule has 0 nitrogen and oxygen atoms in total. The van der Waals surface area contributed by atoms with E-state index in [1.165, 1.54) is 75.8 Å².